The van der Waals surface area contributed by atoms with Crippen molar-refractivity contribution in [2.75, 3.05) is 0 Å². The van der Waals surface area contributed by atoms with Gasteiger partial charge in [0.05, 0.1) is 0 Å². The predicted molar refractivity (Wildman–Crippen MR) is 60.9 cm³/mol. The van der Waals surface area contributed by atoms with E-state index in [1.54, 1.807) is 6.92 Å². The highest BCUT2D eigenvalue weighted by Crippen LogP contribution is 2.80. The zero-order valence-corrected chi connectivity index (χ0v) is 10.2. The Morgan fingerprint density at radius 3 is 2.69 bits per heavy atom. The van der Waals surface area contributed by atoms with Crippen LogP contribution in [0.4, 0.5) is 0 Å². The molecule has 0 unspecified atom stereocenters. The van der Waals surface area contributed by atoms with E-state index in [4.69, 9.17) is 4.74 Å². The molecule has 4 aliphatic rings. The van der Waals surface area contributed by atoms with Crippen molar-refractivity contribution in [3.8, 4) is 0 Å². The van der Waals surface area contributed by atoms with Gasteiger partial charge in [0, 0.05) is 29.3 Å². The van der Waals surface area contributed by atoms with Crippen LogP contribution in [0.25, 0.3) is 0 Å². The van der Waals surface area contributed by atoms with Crippen LogP contribution in [-0.4, -0.2) is 22.6 Å². The summed E-state index contributed by atoms with van der Waals surface area (Å²) in [5.41, 5.74) is 0. The third kappa shape index (κ3) is 0.704. The number of carbonyl (C=O) groups excluding carboxylic acids is 1. The molecule has 0 aromatic heterocycles. The number of fused-ring (bicyclic) bond motifs is 9. The van der Waals surface area contributed by atoms with Crippen molar-refractivity contribution >= 4 is 17.7 Å². The molecule has 0 N–H and O–H groups in total. The van der Waals surface area contributed by atoms with E-state index in [2.05, 4.69) is 11.8 Å². The van der Waals surface area contributed by atoms with Crippen molar-refractivity contribution in [3.63, 3.8) is 0 Å². The normalized spacial score (nSPS) is 67.2. The second kappa shape index (κ2) is 2.47. The Morgan fingerprint density at radius 1 is 1.06 bits per heavy atom. The molecule has 0 bridgehead atoms. The van der Waals surface area contributed by atoms with Crippen LogP contribution in [0.2, 0.25) is 0 Å². The summed E-state index contributed by atoms with van der Waals surface area (Å²) in [5.74, 6) is 5.31. The SMILES string of the molecule is CC(=O)O[C@@H]1[C@@H]2[C@@H]3CC[C@@H]4[C@@H]2S[C@@H]2[C@@H]4[C@H]3[C@@H]12. The maximum absolute atomic E-state index is 11.2. The van der Waals surface area contributed by atoms with Crippen LogP contribution in [0.3, 0.4) is 0 Å². The molecule has 2 nitrogen and oxygen atoms in total. The first-order chi connectivity index (χ1) is 7.77. The van der Waals surface area contributed by atoms with Crippen LogP contribution >= 0.6 is 11.8 Å². The monoisotopic (exact) mass is 236 g/mol. The van der Waals surface area contributed by atoms with Gasteiger partial charge < -0.3 is 4.74 Å². The minimum Gasteiger partial charge on any atom is -0.462 e. The molecule has 3 heteroatoms. The molecule has 0 amide bonds. The average molecular weight is 236 g/mol. The van der Waals surface area contributed by atoms with Crippen LogP contribution < -0.4 is 0 Å². The molecule has 1 aliphatic heterocycles. The molecule has 0 spiro atoms. The first-order valence-corrected chi connectivity index (χ1v) is 7.54. The van der Waals surface area contributed by atoms with E-state index < -0.39 is 0 Å². The summed E-state index contributed by atoms with van der Waals surface area (Å²) in [6.07, 6.45) is 3.20. The predicted octanol–water partition coefficient (Wildman–Crippen LogP) is 1.93. The molecule has 0 aromatic rings. The molecule has 0 aromatic carbocycles. The average Bonchev–Trinajstić information content (AvgIpc) is 2.54. The molecule has 4 rings (SSSR count). The molecule has 1 heterocycles. The van der Waals surface area contributed by atoms with E-state index >= 15 is 0 Å². The lowest BCUT2D eigenvalue weighted by molar-refractivity contribution is -0.152. The Balaban J connectivity index is 1.60. The van der Waals surface area contributed by atoms with E-state index in [0.29, 0.717) is 6.10 Å². The number of ether oxygens (including phenoxy) is 1. The summed E-state index contributed by atoms with van der Waals surface area (Å²) in [6.45, 7) is 1.58. The zero-order valence-electron chi connectivity index (χ0n) is 9.34. The number of esters is 1. The number of thioether (sulfide) groups is 1. The zero-order chi connectivity index (χ0) is 10.6. The lowest BCUT2D eigenvalue weighted by Gasteiger charge is -2.53. The summed E-state index contributed by atoms with van der Waals surface area (Å²) < 4.78 is 5.68. The van der Waals surface area contributed by atoms with Crippen molar-refractivity contribution < 1.29 is 9.53 Å². The lowest BCUT2D eigenvalue weighted by Crippen LogP contribution is -2.54. The Labute approximate surface area is 99.5 Å². The molecule has 3 aliphatic carbocycles. The quantitative estimate of drug-likeness (QED) is 0.514. The highest BCUT2D eigenvalue weighted by atomic mass is 32.2. The summed E-state index contributed by atoms with van der Waals surface area (Å²) in [5, 5.41) is 1.72. The van der Waals surface area contributed by atoms with Crippen molar-refractivity contribution in [1.82, 2.24) is 0 Å². The number of hydrogen-bond acceptors (Lipinski definition) is 3. The standard InChI is InChI=1S/C13H16O2S/c1-4(14)15-11-9-5-2-3-6-8-7(5)10(11)13(8)16-12(6)9/h5-13H,2-3H2,1H3/t5-,6+,7+,8+,9+,10+,11-,12+,13-/m1/s1. The van der Waals surface area contributed by atoms with Crippen molar-refractivity contribution in [2.45, 2.75) is 36.4 Å². The molecular weight excluding hydrogens is 220 g/mol. The fourth-order valence-electron chi connectivity index (χ4n) is 6.03. The third-order valence-electron chi connectivity index (χ3n) is 6.14. The summed E-state index contributed by atoms with van der Waals surface area (Å²) in [7, 11) is 0. The molecule has 4 fully saturated rings. The summed E-state index contributed by atoms with van der Waals surface area (Å²) in [4.78, 5) is 11.2. The minimum atomic E-state index is -0.0544. The second-order valence-corrected chi connectivity index (χ2v) is 7.71. The highest BCUT2D eigenvalue weighted by molar-refractivity contribution is 8.01. The van der Waals surface area contributed by atoms with E-state index in [9.17, 15) is 4.79 Å². The van der Waals surface area contributed by atoms with E-state index in [1.165, 1.54) is 12.8 Å². The van der Waals surface area contributed by atoms with Gasteiger partial charge in [0.25, 0.3) is 0 Å². The highest BCUT2D eigenvalue weighted by Gasteiger charge is 2.79. The Morgan fingerprint density at radius 2 is 1.88 bits per heavy atom. The molecule has 0 radical (unpaired) electrons. The van der Waals surface area contributed by atoms with Gasteiger partial charge in [-0.15, -0.1) is 0 Å². The Bertz CT molecular complexity index is 391. The first-order valence-electron chi connectivity index (χ1n) is 6.60. The fraction of sp³-hybridized carbons (Fsp3) is 0.923. The van der Waals surface area contributed by atoms with Gasteiger partial charge >= 0.3 is 5.97 Å². The molecule has 9 atom stereocenters. The van der Waals surface area contributed by atoms with Crippen LogP contribution in [0.5, 0.6) is 0 Å². The van der Waals surface area contributed by atoms with E-state index in [1.807, 2.05) is 0 Å². The largest absolute Gasteiger partial charge is 0.462 e. The van der Waals surface area contributed by atoms with Gasteiger partial charge in [-0.3, -0.25) is 4.79 Å². The Kier molecular flexibility index (Phi) is 1.37. The van der Waals surface area contributed by atoms with Gasteiger partial charge in [0.1, 0.15) is 6.10 Å². The van der Waals surface area contributed by atoms with Gasteiger partial charge in [-0.05, 0) is 36.5 Å². The van der Waals surface area contributed by atoms with E-state index in [-0.39, 0.29) is 5.97 Å². The van der Waals surface area contributed by atoms with Crippen LogP contribution in [-0.2, 0) is 9.53 Å². The maximum atomic E-state index is 11.2. The van der Waals surface area contributed by atoms with Crippen molar-refractivity contribution in [3.05, 3.63) is 0 Å². The smallest absolute Gasteiger partial charge is 0.302 e. The maximum Gasteiger partial charge on any atom is 0.302 e. The first kappa shape index (κ1) is 8.84. The van der Waals surface area contributed by atoms with Gasteiger partial charge in [-0.2, -0.15) is 11.8 Å². The topological polar surface area (TPSA) is 26.3 Å². The van der Waals surface area contributed by atoms with Crippen LogP contribution in [0.15, 0.2) is 0 Å². The number of hydrogen-bond donors (Lipinski definition) is 0. The van der Waals surface area contributed by atoms with E-state index in [0.717, 1.165) is 46.0 Å². The third-order valence-corrected chi connectivity index (χ3v) is 8.06. The molecule has 86 valence electrons. The van der Waals surface area contributed by atoms with Gasteiger partial charge in [0.2, 0.25) is 0 Å². The molecular formula is C13H16O2S. The van der Waals surface area contributed by atoms with Crippen LogP contribution in [0, 0.1) is 35.5 Å². The lowest BCUT2D eigenvalue weighted by atomic mass is 9.50. The fourth-order valence-corrected chi connectivity index (χ4v) is 8.54. The van der Waals surface area contributed by atoms with Crippen molar-refractivity contribution in [1.29, 1.82) is 0 Å². The van der Waals surface area contributed by atoms with Gasteiger partial charge in [0.15, 0.2) is 0 Å². The number of carbonyl (C=O) groups is 1. The number of rotatable bonds is 1. The van der Waals surface area contributed by atoms with Crippen LogP contribution in [0.1, 0.15) is 19.8 Å². The molecule has 16 heavy (non-hydrogen) atoms. The molecule has 3 saturated carbocycles. The second-order valence-electron chi connectivity index (χ2n) is 6.35. The summed E-state index contributed by atoms with van der Waals surface area (Å²) in [6, 6.07) is 0. The van der Waals surface area contributed by atoms with Crippen molar-refractivity contribution in [2.24, 2.45) is 35.5 Å². The minimum absolute atomic E-state index is 0.0544. The van der Waals surface area contributed by atoms with Gasteiger partial charge in [-0.25, -0.2) is 0 Å². The molecule has 1 saturated heterocycles. The summed E-state index contributed by atoms with van der Waals surface area (Å²) >= 11 is 2.26. The Hall–Kier alpha value is -0.180. The van der Waals surface area contributed by atoms with Gasteiger partial charge in [-0.1, -0.05) is 0 Å².